The van der Waals surface area contributed by atoms with E-state index in [4.69, 9.17) is 4.98 Å². The number of hydrogen-bond donors (Lipinski definition) is 2. The number of carbonyl (C=O) groups excluding carboxylic acids is 2. The molecule has 3 heterocycles. The molecule has 2 amide bonds. The maximum atomic E-state index is 14.0. The third kappa shape index (κ3) is 6.44. The summed E-state index contributed by atoms with van der Waals surface area (Å²) in [4.78, 5) is 30.2. The van der Waals surface area contributed by atoms with Gasteiger partial charge in [-0.1, -0.05) is 0 Å². The monoisotopic (exact) mass is 563 g/mol. The van der Waals surface area contributed by atoms with Crippen molar-refractivity contribution in [2.45, 2.75) is 89.3 Å². The zero-order valence-electron chi connectivity index (χ0n) is 22.2. The van der Waals surface area contributed by atoms with Crippen LogP contribution in [0.25, 0.3) is 5.65 Å². The lowest BCUT2D eigenvalue weighted by Crippen LogP contribution is -2.38. The second-order valence-corrected chi connectivity index (χ2v) is 10.7. The molecule has 5 rings (SSSR count). The van der Waals surface area contributed by atoms with E-state index in [0.717, 1.165) is 12.8 Å². The Morgan fingerprint density at radius 2 is 1.80 bits per heavy atom. The molecule has 3 aromatic heterocycles. The normalized spacial score (nSPS) is 19.1. The van der Waals surface area contributed by atoms with E-state index in [0.29, 0.717) is 29.1 Å². The van der Waals surface area contributed by atoms with Crippen LogP contribution >= 0.6 is 0 Å². The molecule has 13 heteroatoms. The third-order valence-electron chi connectivity index (χ3n) is 7.81. The molecule has 2 fully saturated rings. The standard InChI is InChI=1S/C27H33F4N7O2/c1-2-37-20(9-12-32-37)26(40)36-25(17-7-10-27(30,31)11-8-17)19-15-38-22(34-19)13-18(14-33-38)24(16-3-4-16)35-23(39)6-5-21(28)29/h9,12-17,21,24-25H,2-8,10-11H2,1H3,(H,35,39)(H,36,40)/t24-,25+/m1/s1. The van der Waals surface area contributed by atoms with Crippen molar-refractivity contribution in [1.82, 2.24) is 35.0 Å². The number of nitrogens with one attached hydrogen (secondary N) is 2. The van der Waals surface area contributed by atoms with Gasteiger partial charge in [-0.05, 0) is 62.1 Å². The van der Waals surface area contributed by atoms with Crippen molar-refractivity contribution < 1.29 is 27.2 Å². The highest BCUT2D eigenvalue weighted by molar-refractivity contribution is 5.92. The highest BCUT2D eigenvalue weighted by Crippen LogP contribution is 2.42. The Bertz CT molecular complexity index is 1340. The van der Waals surface area contributed by atoms with Crippen molar-refractivity contribution in [3.63, 3.8) is 0 Å². The zero-order chi connectivity index (χ0) is 28.4. The predicted molar refractivity (Wildman–Crippen MR) is 137 cm³/mol. The van der Waals surface area contributed by atoms with Crippen LogP contribution < -0.4 is 10.6 Å². The van der Waals surface area contributed by atoms with Gasteiger partial charge >= 0.3 is 0 Å². The second kappa shape index (κ2) is 11.5. The topological polar surface area (TPSA) is 106 Å². The smallest absolute Gasteiger partial charge is 0.270 e. The predicted octanol–water partition coefficient (Wildman–Crippen LogP) is 4.85. The summed E-state index contributed by atoms with van der Waals surface area (Å²) in [7, 11) is 0. The minimum absolute atomic E-state index is 0.188. The van der Waals surface area contributed by atoms with Crippen LogP contribution in [0.2, 0.25) is 0 Å². The summed E-state index contributed by atoms with van der Waals surface area (Å²) in [5, 5.41) is 14.5. The molecule has 0 saturated heterocycles. The lowest BCUT2D eigenvalue weighted by molar-refractivity contribution is -0.122. The summed E-state index contributed by atoms with van der Waals surface area (Å²) in [6.45, 7) is 2.37. The van der Waals surface area contributed by atoms with Crippen LogP contribution in [0, 0.1) is 11.8 Å². The molecular formula is C27H33F4N7O2. The quantitative estimate of drug-likeness (QED) is 0.325. The third-order valence-corrected chi connectivity index (χ3v) is 7.81. The van der Waals surface area contributed by atoms with E-state index in [-0.39, 0.29) is 55.9 Å². The minimum atomic E-state index is -2.72. The van der Waals surface area contributed by atoms with E-state index < -0.39 is 30.7 Å². The lowest BCUT2D eigenvalue weighted by Gasteiger charge is -2.33. The van der Waals surface area contributed by atoms with Gasteiger partial charge in [-0.3, -0.25) is 14.3 Å². The molecule has 0 aromatic carbocycles. The fourth-order valence-electron chi connectivity index (χ4n) is 5.44. The molecule has 2 saturated carbocycles. The number of aromatic nitrogens is 5. The van der Waals surface area contributed by atoms with Gasteiger partial charge in [0, 0.05) is 38.4 Å². The van der Waals surface area contributed by atoms with E-state index in [2.05, 4.69) is 20.8 Å². The van der Waals surface area contributed by atoms with Gasteiger partial charge in [0.15, 0.2) is 5.65 Å². The number of amides is 2. The molecule has 3 aromatic rings. The summed E-state index contributed by atoms with van der Waals surface area (Å²) in [6, 6.07) is 2.40. The largest absolute Gasteiger partial charge is 0.349 e. The summed E-state index contributed by atoms with van der Waals surface area (Å²) >= 11 is 0. The van der Waals surface area contributed by atoms with Crippen LogP contribution in [0.5, 0.6) is 0 Å². The van der Waals surface area contributed by atoms with Gasteiger partial charge in [-0.25, -0.2) is 27.1 Å². The molecule has 0 bridgehead atoms. The highest BCUT2D eigenvalue weighted by atomic mass is 19.3. The van der Waals surface area contributed by atoms with Crippen LogP contribution in [0.4, 0.5) is 17.6 Å². The minimum Gasteiger partial charge on any atom is -0.349 e. The van der Waals surface area contributed by atoms with E-state index in [9.17, 15) is 27.2 Å². The Hall–Kier alpha value is -3.51. The van der Waals surface area contributed by atoms with Crippen LogP contribution in [-0.4, -0.2) is 48.5 Å². The molecule has 2 atom stereocenters. The van der Waals surface area contributed by atoms with E-state index >= 15 is 0 Å². The number of aryl methyl sites for hydroxylation is 1. The molecule has 0 radical (unpaired) electrons. The number of imidazole rings is 1. The van der Waals surface area contributed by atoms with Crippen molar-refractivity contribution in [1.29, 1.82) is 0 Å². The van der Waals surface area contributed by atoms with Gasteiger partial charge < -0.3 is 10.6 Å². The van der Waals surface area contributed by atoms with Gasteiger partial charge in [-0.15, -0.1) is 0 Å². The molecule has 9 nitrogen and oxygen atoms in total. The summed E-state index contributed by atoms with van der Waals surface area (Å²) < 4.78 is 56.2. The molecule has 2 aliphatic rings. The number of halogens is 4. The van der Waals surface area contributed by atoms with Gasteiger partial charge in [0.05, 0.1) is 30.2 Å². The number of nitrogens with zero attached hydrogens (tertiary/aromatic N) is 5. The number of alkyl halides is 4. The van der Waals surface area contributed by atoms with Crippen molar-refractivity contribution in [3.8, 4) is 0 Å². The number of carbonyl (C=O) groups is 2. The van der Waals surface area contributed by atoms with Crippen LogP contribution in [0.15, 0.2) is 30.7 Å². The van der Waals surface area contributed by atoms with Crippen molar-refractivity contribution in [2.24, 2.45) is 11.8 Å². The molecule has 0 aliphatic heterocycles. The Labute approximate surface area is 228 Å². The first-order valence-corrected chi connectivity index (χ1v) is 13.8. The van der Waals surface area contributed by atoms with Gasteiger partial charge in [0.1, 0.15) is 5.69 Å². The summed E-state index contributed by atoms with van der Waals surface area (Å²) in [5.74, 6) is -3.59. The number of rotatable bonds is 11. The Kier molecular flexibility index (Phi) is 8.09. The molecule has 40 heavy (non-hydrogen) atoms. The second-order valence-electron chi connectivity index (χ2n) is 10.7. The SMILES string of the molecule is CCn1nccc1C(=O)N[C@H](c1cn2ncc([C@H](NC(=O)CCC(F)F)C3CC3)cc2n1)C1CCC(F)(F)CC1. The molecule has 0 spiro atoms. The van der Waals surface area contributed by atoms with Gasteiger partial charge in [0.25, 0.3) is 5.91 Å². The fourth-order valence-corrected chi connectivity index (χ4v) is 5.44. The summed E-state index contributed by atoms with van der Waals surface area (Å²) in [5.41, 5.74) is 2.05. The first kappa shape index (κ1) is 28.0. The Morgan fingerprint density at radius 3 is 2.48 bits per heavy atom. The average molecular weight is 564 g/mol. The van der Waals surface area contributed by atoms with Crippen LogP contribution in [-0.2, 0) is 11.3 Å². The first-order chi connectivity index (χ1) is 19.1. The van der Waals surface area contributed by atoms with E-state index in [1.165, 1.54) is 6.20 Å². The maximum Gasteiger partial charge on any atom is 0.270 e. The average Bonchev–Trinajstić information content (AvgIpc) is 3.49. The van der Waals surface area contributed by atoms with Crippen LogP contribution in [0.3, 0.4) is 0 Å². The van der Waals surface area contributed by atoms with Crippen molar-refractivity contribution >= 4 is 17.5 Å². The lowest BCUT2D eigenvalue weighted by atomic mass is 9.81. The van der Waals surface area contributed by atoms with Gasteiger partial charge in [-0.2, -0.15) is 10.2 Å². The van der Waals surface area contributed by atoms with Crippen molar-refractivity contribution in [2.75, 3.05) is 0 Å². The molecule has 2 N–H and O–H groups in total. The fraction of sp³-hybridized carbons (Fsp3) is 0.593. The highest BCUT2D eigenvalue weighted by Gasteiger charge is 2.40. The zero-order valence-corrected chi connectivity index (χ0v) is 22.2. The maximum absolute atomic E-state index is 14.0. The summed E-state index contributed by atoms with van der Waals surface area (Å²) in [6.07, 6.45) is 3.27. The Balaban J connectivity index is 1.40. The molecule has 216 valence electrons. The molecule has 2 aliphatic carbocycles. The van der Waals surface area contributed by atoms with Gasteiger partial charge in [0.2, 0.25) is 18.3 Å². The van der Waals surface area contributed by atoms with Crippen LogP contribution in [0.1, 0.15) is 92.1 Å². The molecule has 0 unspecified atom stereocenters. The van der Waals surface area contributed by atoms with Crippen molar-refractivity contribution in [3.05, 3.63) is 47.7 Å². The van der Waals surface area contributed by atoms with E-state index in [1.54, 1.807) is 33.7 Å². The number of fused-ring (bicyclic) bond motifs is 1. The number of hydrogen-bond acceptors (Lipinski definition) is 5. The van der Waals surface area contributed by atoms with E-state index in [1.807, 2.05) is 6.92 Å². The molecular weight excluding hydrogens is 530 g/mol. The Morgan fingerprint density at radius 1 is 1.07 bits per heavy atom. The first-order valence-electron chi connectivity index (χ1n) is 13.8.